The number of amides is 2. The fourth-order valence-corrected chi connectivity index (χ4v) is 3.57. The molecule has 1 aliphatic heterocycles. The second-order valence-corrected chi connectivity index (χ2v) is 6.67. The minimum absolute atomic E-state index is 0.0619. The van der Waals surface area contributed by atoms with E-state index in [0.717, 1.165) is 5.56 Å². The minimum atomic E-state index is -0.335. The Hall–Kier alpha value is -1.98. The summed E-state index contributed by atoms with van der Waals surface area (Å²) in [4.78, 5) is 28.2. The summed E-state index contributed by atoms with van der Waals surface area (Å²) in [6.07, 6.45) is 0.994. The van der Waals surface area contributed by atoms with Crippen LogP contribution in [0.15, 0.2) is 47.2 Å². The van der Waals surface area contributed by atoms with E-state index in [-0.39, 0.29) is 24.3 Å². The maximum atomic E-state index is 12.6. The number of likely N-dealkylation sites (tertiary alicyclic amines) is 1. The third-order valence-electron chi connectivity index (χ3n) is 4.23. The normalized spacial score (nSPS) is 18.2. The summed E-state index contributed by atoms with van der Waals surface area (Å²) >= 11 is 1.64. The van der Waals surface area contributed by atoms with Crippen LogP contribution in [0.25, 0.3) is 0 Å². The summed E-state index contributed by atoms with van der Waals surface area (Å²) < 4.78 is 0. The molecule has 2 heterocycles. The van der Waals surface area contributed by atoms with E-state index in [4.69, 9.17) is 0 Å². The molecule has 0 spiro atoms. The Bertz CT molecular complexity index is 670. The lowest BCUT2D eigenvalue weighted by molar-refractivity contribution is -0.139. The zero-order chi connectivity index (χ0) is 16.2. The number of nitrogens with zero attached hydrogens (tertiary/aromatic N) is 2. The predicted molar refractivity (Wildman–Crippen MR) is 91.1 cm³/mol. The fraction of sp³-hybridized carbons (Fsp3) is 0.333. The second kappa shape index (κ2) is 7.06. The van der Waals surface area contributed by atoms with Crippen LogP contribution in [-0.2, 0) is 22.6 Å². The third kappa shape index (κ3) is 3.68. The lowest BCUT2D eigenvalue weighted by Crippen LogP contribution is -2.40. The molecule has 1 aromatic carbocycles. The lowest BCUT2D eigenvalue weighted by Gasteiger charge is -2.22. The highest BCUT2D eigenvalue weighted by Crippen LogP contribution is 2.20. The number of carbonyl (C=O) groups excluding carboxylic acids is 2. The molecule has 0 radical (unpaired) electrons. The molecule has 0 saturated carbocycles. The van der Waals surface area contributed by atoms with Crippen molar-refractivity contribution in [3.8, 4) is 0 Å². The molecule has 0 bridgehead atoms. The van der Waals surface area contributed by atoms with E-state index in [0.29, 0.717) is 19.5 Å². The van der Waals surface area contributed by atoms with Gasteiger partial charge in [-0.2, -0.15) is 11.3 Å². The summed E-state index contributed by atoms with van der Waals surface area (Å²) in [6.45, 7) is 1.16. The highest BCUT2D eigenvalue weighted by Gasteiger charge is 2.40. The third-order valence-corrected chi connectivity index (χ3v) is 4.96. The molecule has 0 N–H and O–H groups in total. The van der Waals surface area contributed by atoms with Crippen LogP contribution in [0, 0.1) is 0 Å². The van der Waals surface area contributed by atoms with Gasteiger partial charge in [-0.1, -0.05) is 30.3 Å². The van der Waals surface area contributed by atoms with E-state index < -0.39 is 0 Å². The van der Waals surface area contributed by atoms with Crippen molar-refractivity contribution in [2.45, 2.75) is 25.4 Å². The Balaban J connectivity index is 1.60. The SMILES string of the molecule is CN(Cc1ccsc1)[C@H]1CC(=O)N(CCc2ccccc2)C1=O. The zero-order valence-corrected chi connectivity index (χ0v) is 14.0. The van der Waals surface area contributed by atoms with Crippen molar-refractivity contribution in [3.63, 3.8) is 0 Å². The minimum Gasteiger partial charge on any atom is -0.290 e. The number of imide groups is 1. The molecule has 1 aliphatic rings. The number of carbonyl (C=O) groups is 2. The summed E-state index contributed by atoms with van der Waals surface area (Å²) in [5.74, 6) is -0.128. The molecule has 1 aromatic heterocycles. The number of hydrogen-bond acceptors (Lipinski definition) is 4. The van der Waals surface area contributed by atoms with Crippen LogP contribution in [0.3, 0.4) is 0 Å². The molecule has 1 saturated heterocycles. The Morgan fingerprint density at radius 3 is 2.65 bits per heavy atom. The lowest BCUT2D eigenvalue weighted by atomic mass is 10.1. The van der Waals surface area contributed by atoms with Crippen LogP contribution in [-0.4, -0.2) is 41.2 Å². The van der Waals surface area contributed by atoms with Gasteiger partial charge in [0, 0.05) is 13.1 Å². The fourth-order valence-electron chi connectivity index (χ4n) is 2.91. The van der Waals surface area contributed by atoms with Gasteiger partial charge >= 0.3 is 0 Å². The van der Waals surface area contributed by atoms with E-state index in [2.05, 4.69) is 11.4 Å². The van der Waals surface area contributed by atoms with Crippen molar-refractivity contribution < 1.29 is 9.59 Å². The molecular weight excluding hydrogens is 308 g/mol. The molecule has 0 unspecified atom stereocenters. The maximum absolute atomic E-state index is 12.6. The number of likely N-dealkylation sites (N-methyl/N-ethyl adjacent to an activating group) is 1. The van der Waals surface area contributed by atoms with E-state index in [1.807, 2.05) is 47.7 Å². The van der Waals surface area contributed by atoms with Crippen LogP contribution in [0.2, 0.25) is 0 Å². The monoisotopic (exact) mass is 328 g/mol. The van der Waals surface area contributed by atoms with E-state index >= 15 is 0 Å². The molecule has 1 atom stereocenters. The standard InChI is InChI=1S/C18H20N2O2S/c1-19(12-15-8-10-23-13-15)16-11-17(21)20(18(16)22)9-7-14-5-3-2-4-6-14/h2-6,8,10,13,16H,7,9,11-12H2,1H3/t16-/m0/s1. The summed E-state index contributed by atoms with van der Waals surface area (Å²) in [5.41, 5.74) is 2.32. The average molecular weight is 328 g/mol. The summed E-state index contributed by atoms with van der Waals surface area (Å²) in [6, 6.07) is 11.7. The first-order valence-electron chi connectivity index (χ1n) is 7.74. The highest BCUT2D eigenvalue weighted by molar-refractivity contribution is 7.07. The maximum Gasteiger partial charge on any atom is 0.247 e. The molecule has 23 heavy (non-hydrogen) atoms. The first-order chi connectivity index (χ1) is 11.1. The molecule has 5 heteroatoms. The number of hydrogen-bond donors (Lipinski definition) is 0. The van der Waals surface area contributed by atoms with E-state index in [9.17, 15) is 9.59 Å². The zero-order valence-electron chi connectivity index (χ0n) is 13.1. The van der Waals surface area contributed by atoms with Crippen molar-refractivity contribution in [1.29, 1.82) is 0 Å². The number of rotatable bonds is 6. The van der Waals surface area contributed by atoms with Gasteiger partial charge in [-0.05, 0) is 41.4 Å². The molecule has 0 aliphatic carbocycles. The Morgan fingerprint density at radius 1 is 1.17 bits per heavy atom. The van der Waals surface area contributed by atoms with Gasteiger partial charge in [0.05, 0.1) is 12.5 Å². The van der Waals surface area contributed by atoms with Gasteiger partial charge in [0.25, 0.3) is 0 Å². The van der Waals surface area contributed by atoms with Gasteiger partial charge in [0.15, 0.2) is 0 Å². The molecule has 4 nitrogen and oxygen atoms in total. The quantitative estimate of drug-likeness (QED) is 0.765. The van der Waals surface area contributed by atoms with Gasteiger partial charge < -0.3 is 0 Å². The van der Waals surface area contributed by atoms with Crippen LogP contribution in [0.1, 0.15) is 17.5 Å². The second-order valence-electron chi connectivity index (χ2n) is 5.89. The van der Waals surface area contributed by atoms with Crippen molar-refractivity contribution in [3.05, 3.63) is 58.3 Å². The molecule has 2 amide bonds. The van der Waals surface area contributed by atoms with Crippen molar-refractivity contribution in [2.75, 3.05) is 13.6 Å². The van der Waals surface area contributed by atoms with Crippen molar-refractivity contribution in [1.82, 2.24) is 9.80 Å². The Labute approximate surface area is 140 Å². The Kier molecular flexibility index (Phi) is 4.88. The molecule has 1 fully saturated rings. The molecule has 120 valence electrons. The van der Waals surface area contributed by atoms with Crippen LogP contribution in [0.4, 0.5) is 0 Å². The van der Waals surface area contributed by atoms with Crippen LogP contribution < -0.4 is 0 Å². The van der Waals surface area contributed by atoms with Crippen LogP contribution in [0.5, 0.6) is 0 Å². The molecule has 2 aromatic rings. The van der Waals surface area contributed by atoms with Crippen molar-refractivity contribution >= 4 is 23.2 Å². The highest BCUT2D eigenvalue weighted by atomic mass is 32.1. The summed E-state index contributed by atoms with van der Waals surface area (Å²) in [5, 5.41) is 4.10. The first kappa shape index (κ1) is 15.9. The molecule has 3 rings (SSSR count). The first-order valence-corrected chi connectivity index (χ1v) is 8.69. The van der Waals surface area contributed by atoms with E-state index in [1.54, 1.807) is 11.3 Å². The van der Waals surface area contributed by atoms with Gasteiger partial charge in [0.1, 0.15) is 0 Å². The predicted octanol–water partition coefficient (Wildman–Crippen LogP) is 2.55. The van der Waals surface area contributed by atoms with Crippen LogP contribution >= 0.6 is 11.3 Å². The molecular formula is C18H20N2O2S. The van der Waals surface area contributed by atoms with Gasteiger partial charge in [-0.25, -0.2) is 0 Å². The van der Waals surface area contributed by atoms with E-state index in [1.165, 1.54) is 10.5 Å². The van der Waals surface area contributed by atoms with Gasteiger partial charge in [0.2, 0.25) is 11.8 Å². The number of benzene rings is 1. The topological polar surface area (TPSA) is 40.6 Å². The largest absolute Gasteiger partial charge is 0.290 e. The Morgan fingerprint density at radius 2 is 1.96 bits per heavy atom. The average Bonchev–Trinajstić information content (AvgIpc) is 3.15. The smallest absolute Gasteiger partial charge is 0.247 e. The number of thiophene rings is 1. The van der Waals surface area contributed by atoms with Gasteiger partial charge in [-0.15, -0.1) is 0 Å². The van der Waals surface area contributed by atoms with Crippen molar-refractivity contribution in [2.24, 2.45) is 0 Å². The van der Waals surface area contributed by atoms with Gasteiger partial charge in [-0.3, -0.25) is 19.4 Å². The summed E-state index contributed by atoms with van der Waals surface area (Å²) in [7, 11) is 1.91.